The molecule has 1 aliphatic heterocycles. The molecule has 11 rings (SSSR count). The van der Waals surface area contributed by atoms with Gasteiger partial charge >= 0.3 is 0 Å². The molecule has 5 heteroatoms. The highest BCUT2D eigenvalue weighted by Crippen LogP contribution is 2.50. The molecule has 0 saturated carbocycles. The van der Waals surface area contributed by atoms with Crippen LogP contribution >= 0.6 is 0 Å². The molecule has 50 heavy (non-hydrogen) atoms. The zero-order valence-corrected chi connectivity index (χ0v) is 26.6. The van der Waals surface area contributed by atoms with E-state index in [1.165, 1.54) is 26.9 Å². The summed E-state index contributed by atoms with van der Waals surface area (Å²) in [5.74, 6) is 3.59. The molecular formula is C45H25N3O2. The first-order valence-electron chi connectivity index (χ1n) is 16.7. The van der Waals surface area contributed by atoms with Gasteiger partial charge in [0.2, 0.25) is 0 Å². The van der Waals surface area contributed by atoms with Gasteiger partial charge in [0.05, 0.1) is 0 Å². The summed E-state index contributed by atoms with van der Waals surface area (Å²) < 4.78 is 12.9. The molecule has 0 aliphatic carbocycles. The smallest absolute Gasteiger partial charge is 0.164 e. The lowest BCUT2D eigenvalue weighted by atomic mass is 9.91. The fourth-order valence-corrected chi connectivity index (χ4v) is 7.57. The summed E-state index contributed by atoms with van der Waals surface area (Å²) in [6.07, 6.45) is 0. The third kappa shape index (κ3) is 3.98. The van der Waals surface area contributed by atoms with Crippen LogP contribution in [0.1, 0.15) is 0 Å². The minimum atomic E-state index is 0.597. The van der Waals surface area contributed by atoms with Crippen molar-refractivity contribution in [3.63, 3.8) is 0 Å². The Morgan fingerprint density at radius 2 is 0.980 bits per heavy atom. The number of nitrogens with zero attached hydrogens (tertiary/aromatic N) is 3. The van der Waals surface area contributed by atoms with E-state index in [4.69, 9.17) is 24.1 Å². The Bertz CT molecular complexity index is 3000. The summed E-state index contributed by atoms with van der Waals surface area (Å²) in [5.41, 5.74) is 6.46. The van der Waals surface area contributed by atoms with E-state index in [0.717, 1.165) is 66.6 Å². The second kappa shape index (κ2) is 10.3. The first-order valence-corrected chi connectivity index (χ1v) is 16.7. The molecule has 5 nitrogen and oxygen atoms in total. The van der Waals surface area contributed by atoms with Crippen LogP contribution in [0.4, 0.5) is 0 Å². The van der Waals surface area contributed by atoms with Gasteiger partial charge in [-0.2, -0.15) is 0 Å². The number of ether oxygens (including phenoxy) is 1. The Morgan fingerprint density at radius 3 is 1.80 bits per heavy atom. The standard InChI is InChI=1S/C45H25N3O2/c1-2-8-30(9-3-1)43-46-44(48-45(47-43)34-12-7-15-37-41(34)33-11-4-5-13-35(33)49-37)31-22-16-26(17-23-31)32-25-24-29-21-20-28-19-18-27-10-6-14-36-38(27)39(28)40(29)42(32)50-36/h1-25H. The molecule has 232 valence electrons. The summed E-state index contributed by atoms with van der Waals surface area (Å²) in [7, 11) is 0. The normalized spacial score (nSPS) is 12.2. The summed E-state index contributed by atoms with van der Waals surface area (Å²) in [6.45, 7) is 0. The van der Waals surface area contributed by atoms with Gasteiger partial charge in [0, 0.05) is 49.2 Å². The molecule has 3 heterocycles. The van der Waals surface area contributed by atoms with Crippen LogP contribution in [0.5, 0.6) is 11.5 Å². The molecule has 0 fully saturated rings. The fourth-order valence-electron chi connectivity index (χ4n) is 7.57. The Balaban J connectivity index is 1.07. The molecule has 0 radical (unpaired) electrons. The third-order valence-corrected chi connectivity index (χ3v) is 9.90. The average molecular weight is 640 g/mol. The van der Waals surface area contributed by atoms with E-state index in [9.17, 15) is 0 Å². The summed E-state index contributed by atoms with van der Waals surface area (Å²) in [6, 6.07) is 52.1. The second-order valence-electron chi connectivity index (χ2n) is 12.8. The maximum absolute atomic E-state index is 6.73. The number of benzene rings is 8. The number of hydrogen-bond donors (Lipinski definition) is 0. The quantitative estimate of drug-likeness (QED) is 0.179. The first kappa shape index (κ1) is 27.1. The molecular weight excluding hydrogens is 615 g/mol. The highest BCUT2D eigenvalue weighted by molar-refractivity contribution is 6.26. The molecule has 0 atom stereocenters. The molecule has 0 unspecified atom stereocenters. The Labute approximate surface area is 286 Å². The zero-order valence-electron chi connectivity index (χ0n) is 26.6. The van der Waals surface area contributed by atoms with E-state index < -0.39 is 0 Å². The molecule has 1 aliphatic rings. The van der Waals surface area contributed by atoms with E-state index in [-0.39, 0.29) is 0 Å². The molecule has 0 N–H and O–H groups in total. The lowest BCUT2D eigenvalue weighted by Crippen LogP contribution is -2.00. The van der Waals surface area contributed by atoms with Crippen molar-refractivity contribution < 1.29 is 9.15 Å². The van der Waals surface area contributed by atoms with Crippen molar-refractivity contribution >= 4 is 54.3 Å². The molecule has 0 saturated heterocycles. The van der Waals surface area contributed by atoms with Crippen molar-refractivity contribution in [1.82, 2.24) is 15.0 Å². The van der Waals surface area contributed by atoms with E-state index >= 15 is 0 Å². The maximum Gasteiger partial charge on any atom is 0.164 e. The number of furan rings is 1. The Kier molecular flexibility index (Phi) is 5.60. The van der Waals surface area contributed by atoms with Crippen LogP contribution in [0.25, 0.3) is 99.5 Å². The minimum absolute atomic E-state index is 0.597. The van der Waals surface area contributed by atoms with Crippen LogP contribution in [-0.2, 0) is 0 Å². The molecule has 10 aromatic rings. The van der Waals surface area contributed by atoms with Crippen molar-refractivity contribution in [2.75, 3.05) is 0 Å². The number of para-hydroxylation sites is 1. The lowest BCUT2D eigenvalue weighted by Gasteiger charge is -2.22. The maximum atomic E-state index is 6.73. The van der Waals surface area contributed by atoms with Gasteiger partial charge in [-0.15, -0.1) is 0 Å². The van der Waals surface area contributed by atoms with Crippen molar-refractivity contribution in [1.29, 1.82) is 0 Å². The van der Waals surface area contributed by atoms with Crippen molar-refractivity contribution in [3.8, 4) is 56.8 Å². The Morgan fingerprint density at radius 1 is 0.360 bits per heavy atom. The van der Waals surface area contributed by atoms with Gasteiger partial charge in [0.1, 0.15) is 22.7 Å². The molecule has 8 aromatic carbocycles. The van der Waals surface area contributed by atoms with Gasteiger partial charge in [-0.1, -0.05) is 127 Å². The monoisotopic (exact) mass is 639 g/mol. The van der Waals surface area contributed by atoms with E-state index in [1.807, 2.05) is 60.7 Å². The van der Waals surface area contributed by atoms with Gasteiger partial charge in [0.15, 0.2) is 17.5 Å². The highest BCUT2D eigenvalue weighted by atomic mass is 16.5. The van der Waals surface area contributed by atoms with E-state index in [2.05, 4.69) is 91.0 Å². The van der Waals surface area contributed by atoms with E-state index in [1.54, 1.807) is 0 Å². The van der Waals surface area contributed by atoms with Crippen LogP contribution in [0, 0.1) is 0 Å². The van der Waals surface area contributed by atoms with Crippen LogP contribution in [0.2, 0.25) is 0 Å². The zero-order chi connectivity index (χ0) is 32.8. The average Bonchev–Trinajstić information content (AvgIpc) is 3.57. The van der Waals surface area contributed by atoms with Gasteiger partial charge in [-0.3, -0.25) is 0 Å². The van der Waals surface area contributed by atoms with E-state index in [0.29, 0.717) is 17.5 Å². The highest BCUT2D eigenvalue weighted by Gasteiger charge is 2.23. The number of fused-ring (bicyclic) bond motifs is 3. The molecule has 0 spiro atoms. The summed E-state index contributed by atoms with van der Waals surface area (Å²) in [5, 5.41) is 9.18. The second-order valence-corrected chi connectivity index (χ2v) is 12.8. The SMILES string of the molecule is c1ccc(-c2nc(-c3ccc(-c4ccc5ccc6ccc7cccc8c7c6c5c4O8)cc3)nc(-c3cccc4oc5ccccc5c34)n2)cc1. The summed E-state index contributed by atoms with van der Waals surface area (Å²) in [4.78, 5) is 15.1. The van der Waals surface area contributed by atoms with Gasteiger partial charge in [0.25, 0.3) is 0 Å². The molecule has 0 bridgehead atoms. The van der Waals surface area contributed by atoms with Gasteiger partial charge in [-0.05, 0) is 46.0 Å². The third-order valence-electron chi connectivity index (χ3n) is 9.90. The predicted molar refractivity (Wildman–Crippen MR) is 201 cm³/mol. The number of hydrogen-bond acceptors (Lipinski definition) is 5. The topological polar surface area (TPSA) is 61.0 Å². The van der Waals surface area contributed by atoms with Gasteiger partial charge < -0.3 is 9.15 Å². The van der Waals surface area contributed by atoms with Gasteiger partial charge in [-0.25, -0.2) is 15.0 Å². The van der Waals surface area contributed by atoms with Crippen LogP contribution in [-0.4, -0.2) is 15.0 Å². The lowest BCUT2D eigenvalue weighted by molar-refractivity contribution is 0.494. The predicted octanol–water partition coefficient (Wildman–Crippen LogP) is 12.0. The van der Waals surface area contributed by atoms with Crippen LogP contribution in [0.3, 0.4) is 0 Å². The Hall–Kier alpha value is -6.85. The molecule has 2 aromatic heterocycles. The summed E-state index contributed by atoms with van der Waals surface area (Å²) >= 11 is 0. The molecule has 0 amide bonds. The van der Waals surface area contributed by atoms with Crippen LogP contribution in [0.15, 0.2) is 156 Å². The first-order chi connectivity index (χ1) is 24.8. The fraction of sp³-hybridized carbons (Fsp3) is 0. The largest absolute Gasteiger partial charge is 0.456 e. The number of rotatable bonds is 4. The van der Waals surface area contributed by atoms with Crippen molar-refractivity contribution in [3.05, 3.63) is 152 Å². The van der Waals surface area contributed by atoms with Crippen molar-refractivity contribution in [2.24, 2.45) is 0 Å². The minimum Gasteiger partial charge on any atom is -0.456 e. The van der Waals surface area contributed by atoms with Crippen molar-refractivity contribution in [2.45, 2.75) is 0 Å². The number of aromatic nitrogens is 3. The van der Waals surface area contributed by atoms with Crippen LogP contribution < -0.4 is 4.74 Å².